The standard InChI is InChI=1S/C19H22N2O4/c1-24-16-9-13(10-17-15(16)6-8-25-17)19(23)21-7-2-3-12(11-21)18(22)20-14-4-5-14/h6,8-10,12,14H,2-5,7,11H2,1H3,(H,20,22). The lowest BCUT2D eigenvalue weighted by molar-refractivity contribution is -0.126. The highest BCUT2D eigenvalue weighted by molar-refractivity contribution is 5.99. The maximum Gasteiger partial charge on any atom is 0.254 e. The molecule has 0 spiro atoms. The van der Waals surface area contributed by atoms with E-state index in [0.29, 0.717) is 36.0 Å². The van der Waals surface area contributed by atoms with Crippen LogP contribution in [0.25, 0.3) is 11.0 Å². The molecule has 1 aliphatic carbocycles. The van der Waals surface area contributed by atoms with Gasteiger partial charge in [-0.25, -0.2) is 0 Å². The Morgan fingerprint density at radius 3 is 2.88 bits per heavy atom. The van der Waals surface area contributed by atoms with E-state index < -0.39 is 0 Å². The Bertz CT molecular complexity index is 809. The zero-order valence-electron chi connectivity index (χ0n) is 14.3. The fraction of sp³-hybridized carbons (Fsp3) is 0.474. The van der Waals surface area contributed by atoms with Crippen molar-refractivity contribution in [3.8, 4) is 5.75 Å². The average Bonchev–Trinajstić information content (AvgIpc) is 3.33. The van der Waals surface area contributed by atoms with Crippen molar-refractivity contribution in [3.05, 3.63) is 30.0 Å². The smallest absolute Gasteiger partial charge is 0.254 e. The summed E-state index contributed by atoms with van der Waals surface area (Å²) in [5.74, 6) is 0.502. The molecule has 1 aromatic carbocycles. The fourth-order valence-corrected chi connectivity index (χ4v) is 3.44. The van der Waals surface area contributed by atoms with E-state index in [-0.39, 0.29) is 17.7 Å². The normalized spacial score (nSPS) is 20.5. The molecule has 1 atom stereocenters. The van der Waals surface area contributed by atoms with Crippen molar-refractivity contribution in [1.82, 2.24) is 10.2 Å². The highest BCUT2D eigenvalue weighted by Gasteiger charge is 2.32. The second kappa shape index (κ2) is 6.43. The molecule has 2 amide bonds. The van der Waals surface area contributed by atoms with Crippen LogP contribution in [-0.4, -0.2) is 43.0 Å². The highest BCUT2D eigenvalue weighted by atomic mass is 16.5. The van der Waals surface area contributed by atoms with Gasteiger partial charge in [0, 0.05) is 24.7 Å². The summed E-state index contributed by atoms with van der Waals surface area (Å²) in [7, 11) is 1.58. The van der Waals surface area contributed by atoms with Crippen LogP contribution in [0.15, 0.2) is 28.9 Å². The van der Waals surface area contributed by atoms with Gasteiger partial charge < -0.3 is 19.4 Å². The molecule has 4 rings (SSSR count). The highest BCUT2D eigenvalue weighted by Crippen LogP contribution is 2.30. The SMILES string of the molecule is COc1cc(C(=O)N2CCCC(C(=O)NC3CC3)C2)cc2occc12. The summed E-state index contributed by atoms with van der Waals surface area (Å²) in [5, 5.41) is 3.90. The quantitative estimate of drug-likeness (QED) is 0.927. The Hall–Kier alpha value is -2.50. The van der Waals surface area contributed by atoms with Crippen LogP contribution in [0.4, 0.5) is 0 Å². The Labute approximate surface area is 146 Å². The van der Waals surface area contributed by atoms with E-state index in [4.69, 9.17) is 9.15 Å². The number of carbonyl (C=O) groups is 2. The van der Waals surface area contributed by atoms with Gasteiger partial charge in [0.2, 0.25) is 5.91 Å². The fourth-order valence-electron chi connectivity index (χ4n) is 3.44. The van der Waals surface area contributed by atoms with E-state index in [1.807, 2.05) is 6.07 Å². The molecule has 1 aliphatic heterocycles. The molecule has 1 unspecified atom stereocenters. The first-order valence-corrected chi connectivity index (χ1v) is 8.80. The molecule has 1 aromatic heterocycles. The third kappa shape index (κ3) is 3.21. The van der Waals surface area contributed by atoms with Crippen LogP contribution in [-0.2, 0) is 4.79 Å². The predicted molar refractivity (Wildman–Crippen MR) is 92.6 cm³/mol. The second-order valence-corrected chi connectivity index (χ2v) is 6.88. The van der Waals surface area contributed by atoms with E-state index in [1.54, 1.807) is 30.4 Å². The number of nitrogens with one attached hydrogen (secondary N) is 1. The number of rotatable bonds is 4. The molecule has 2 aromatic rings. The summed E-state index contributed by atoms with van der Waals surface area (Å²) >= 11 is 0. The predicted octanol–water partition coefficient (Wildman–Crippen LogP) is 2.57. The third-order valence-corrected chi connectivity index (χ3v) is 5.00. The van der Waals surface area contributed by atoms with Crippen LogP contribution < -0.4 is 10.1 Å². The first kappa shape index (κ1) is 16.0. The topological polar surface area (TPSA) is 71.8 Å². The summed E-state index contributed by atoms with van der Waals surface area (Å²) in [6, 6.07) is 5.66. The molecule has 1 N–H and O–H groups in total. The van der Waals surface area contributed by atoms with E-state index in [0.717, 1.165) is 31.1 Å². The van der Waals surface area contributed by atoms with Gasteiger partial charge >= 0.3 is 0 Å². The molecule has 0 bridgehead atoms. The number of hydrogen-bond donors (Lipinski definition) is 1. The molecular formula is C19H22N2O4. The Morgan fingerprint density at radius 1 is 1.28 bits per heavy atom. The number of amides is 2. The van der Waals surface area contributed by atoms with Crippen molar-refractivity contribution >= 4 is 22.8 Å². The number of methoxy groups -OCH3 is 1. The molecule has 2 fully saturated rings. The van der Waals surface area contributed by atoms with Crippen molar-refractivity contribution in [2.45, 2.75) is 31.7 Å². The zero-order chi connectivity index (χ0) is 17.4. The van der Waals surface area contributed by atoms with Crippen LogP contribution in [0.3, 0.4) is 0 Å². The first-order chi connectivity index (χ1) is 12.2. The summed E-state index contributed by atoms with van der Waals surface area (Å²) in [5.41, 5.74) is 1.16. The number of piperidine rings is 1. The molecule has 0 radical (unpaired) electrons. The third-order valence-electron chi connectivity index (χ3n) is 5.00. The van der Waals surface area contributed by atoms with Crippen molar-refractivity contribution < 1.29 is 18.7 Å². The minimum absolute atomic E-state index is 0.0825. The number of hydrogen-bond acceptors (Lipinski definition) is 4. The van der Waals surface area contributed by atoms with E-state index >= 15 is 0 Å². The van der Waals surface area contributed by atoms with E-state index in [1.165, 1.54) is 0 Å². The largest absolute Gasteiger partial charge is 0.496 e. The zero-order valence-corrected chi connectivity index (χ0v) is 14.3. The Kier molecular flexibility index (Phi) is 4.11. The van der Waals surface area contributed by atoms with Crippen molar-refractivity contribution in [3.63, 3.8) is 0 Å². The number of nitrogens with zero attached hydrogens (tertiary/aromatic N) is 1. The van der Waals surface area contributed by atoms with E-state index in [2.05, 4.69) is 5.32 Å². The summed E-state index contributed by atoms with van der Waals surface area (Å²) < 4.78 is 10.8. The number of likely N-dealkylation sites (tertiary alicyclic amines) is 1. The molecule has 25 heavy (non-hydrogen) atoms. The van der Waals surface area contributed by atoms with Crippen molar-refractivity contribution in [2.24, 2.45) is 5.92 Å². The summed E-state index contributed by atoms with van der Waals surface area (Å²) in [6.07, 6.45) is 5.41. The van der Waals surface area contributed by atoms with Crippen LogP contribution in [0.5, 0.6) is 5.75 Å². The lowest BCUT2D eigenvalue weighted by Gasteiger charge is -2.32. The van der Waals surface area contributed by atoms with Gasteiger partial charge in [0.1, 0.15) is 11.3 Å². The van der Waals surface area contributed by atoms with Crippen molar-refractivity contribution in [1.29, 1.82) is 0 Å². The van der Waals surface area contributed by atoms with Gasteiger partial charge in [-0.05, 0) is 43.9 Å². The van der Waals surface area contributed by atoms with Gasteiger partial charge in [-0.15, -0.1) is 0 Å². The van der Waals surface area contributed by atoms with E-state index in [9.17, 15) is 9.59 Å². The van der Waals surface area contributed by atoms with Gasteiger partial charge in [0.05, 0.1) is 24.7 Å². The molecule has 1 saturated heterocycles. The maximum absolute atomic E-state index is 12.9. The molecule has 2 aliphatic rings. The number of furan rings is 1. The molecule has 132 valence electrons. The molecule has 2 heterocycles. The molecule has 1 saturated carbocycles. The summed E-state index contributed by atoms with van der Waals surface area (Å²) in [6.45, 7) is 1.14. The van der Waals surface area contributed by atoms with Crippen LogP contribution in [0.1, 0.15) is 36.0 Å². The van der Waals surface area contributed by atoms with Crippen LogP contribution in [0, 0.1) is 5.92 Å². The molecule has 6 nitrogen and oxygen atoms in total. The lowest BCUT2D eigenvalue weighted by Crippen LogP contribution is -2.45. The van der Waals surface area contributed by atoms with Gasteiger partial charge in [0.25, 0.3) is 5.91 Å². The minimum atomic E-state index is -0.118. The van der Waals surface area contributed by atoms with Gasteiger partial charge in [-0.3, -0.25) is 9.59 Å². The minimum Gasteiger partial charge on any atom is -0.496 e. The second-order valence-electron chi connectivity index (χ2n) is 6.88. The molecular weight excluding hydrogens is 320 g/mol. The van der Waals surface area contributed by atoms with Gasteiger partial charge in [0.15, 0.2) is 0 Å². The lowest BCUT2D eigenvalue weighted by atomic mass is 9.96. The van der Waals surface area contributed by atoms with Gasteiger partial charge in [-0.2, -0.15) is 0 Å². The number of carbonyl (C=O) groups excluding carboxylic acids is 2. The summed E-state index contributed by atoms with van der Waals surface area (Å²) in [4.78, 5) is 27.0. The maximum atomic E-state index is 12.9. The van der Waals surface area contributed by atoms with Crippen LogP contribution >= 0.6 is 0 Å². The monoisotopic (exact) mass is 342 g/mol. The number of benzene rings is 1. The van der Waals surface area contributed by atoms with Gasteiger partial charge in [-0.1, -0.05) is 0 Å². The molecule has 6 heteroatoms. The average molecular weight is 342 g/mol. The first-order valence-electron chi connectivity index (χ1n) is 8.80. The number of ether oxygens (including phenoxy) is 1. The van der Waals surface area contributed by atoms with Crippen molar-refractivity contribution in [2.75, 3.05) is 20.2 Å². The Balaban J connectivity index is 1.52. The Morgan fingerprint density at radius 2 is 2.12 bits per heavy atom. The van der Waals surface area contributed by atoms with Crippen LogP contribution in [0.2, 0.25) is 0 Å². The number of fused-ring (bicyclic) bond motifs is 1.